The molecule has 3 fully saturated rings. The first-order valence-electron chi connectivity index (χ1n) is 12.5. The number of carbonyl (C=O) groups is 3. The summed E-state index contributed by atoms with van der Waals surface area (Å²) in [6, 6.07) is 0. The van der Waals surface area contributed by atoms with Gasteiger partial charge in [-0.2, -0.15) is 0 Å². The summed E-state index contributed by atoms with van der Waals surface area (Å²) in [5.74, 6) is -0.527. The molecule has 0 aromatic heterocycles. The van der Waals surface area contributed by atoms with Crippen molar-refractivity contribution in [3.8, 4) is 0 Å². The summed E-state index contributed by atoms with van der Waals surface area (Å²) >= 11 is 0. The minimum absolute atomic E-state index is 0.0102. The average molecular weight is 459 g/mol. The van der Waals surface area contributed by atoms with Crippen LogP contribution in [0.25, 0.3) is 0 Å². The topological polar surface area (TPSA) is 101 Å². The quantitative estimate of drug-likeness (QED) is 0.583. The Morgan fingerprint density at radius 3 is 2.21 bits per heavy atom. The molecule has 1 aliphatic heterocycles. The van der Waals surface area contributed by atoms with Crippen LogP contribution in [0.4, 0.5) is 0 Å². The number of ether oxygens (including phenoxy) is 1. The van der Waals surface area contributed by atoms with E-state index in [0.717, 1.165) is 0 Å². The highest BCUT2D eigenvalue weighted by atomic mass is 16.6. The smallest absolute Gasteiger partial charge is 0.306 e. The van der Waals surface area contributed by atoms with Gasteiger partial charge in [0.05, 0.1) is 17.6 Å². The summed E-state index contributed by atoms with van der Waals surface area (Å²) in [6.07, 6.45) is 1.64. The third-order valence-corrected chi connectivity index (χ3v) is 11.2. The fourth-order valence-electron chi connectivity index (χ4n) is 9.08. The lowest BCUT2D eigenvalue weighted by Gasteiger charge is -2.61. The van der Waals surface area contributed by atoms with Gasteiger partial charge in [0.15, 0.2) is 5.78 Å². The number of hydrogen-bond acceptors (Lipinski definition) is 6. The molecule has 0 aromatic carbocycles. The number of esters is 1. The van der Waals surface area contributed by atoms with Gasteiger partial charge in [-0.3, -0.25) is 14.4 Å². The van der Waals surface area contributed by atoms with Gasteiger partial charge in [-0.15, -0.1) is 0 Å². The zero-order chi connectivity index (χ0) is 24.4. The van der Waals surface area contributed by atoms with Crippen molar-refractivity contribution in [2.45, 2.75) is 104 Å². The molecular formula is C27H38O6. The summed E-state index contributed by atoms with van der Waals surface area (Å²) in [5.41, 5.74) is -2.15. The van der Waals surface area contributed by atoms with Crippen LogP contribution in [0.2, 0.25) is 0 Å². The Hall–Kier alpha value is -1.53. The molecule has 1 saturated heterocycles. The van der Waals surface area contributed by atoms with E-state index in [0.29, 0.717) is 43.3 Å². The Balaban J connectivity index is 1.69. The van der Waals surface area contributed by atoms with Crippen LogP contribution in [-0.2, 0) is 19.1 Å². The first-order valence-corrected chi connectivity index (χ1v) is 12.5. The second kappa shape index (κ2) is 6.57. The summed E-state index contributed by atoms with van der Waals surface area (Å²) < 4.78 is 5.77. The number of cyclic esters (lactones) is 1. The molecule has 5 rings (SSSR count). The van der Waals surface area contributed by atoms with Gasteiger partial charge in [-0.05, 0) is 67.3 Å². The first-order chi connectivity index (χ1) is 15.1. The molecule has 2 saturated carbocycles. The lowest BCUT2D eigenvalue weighted by atomic mass is 9.42. The molecule has 0 bridgehead atoms. The van der Waals surface area contributed by atoms with Gasteiger partial charge in [-0.1, -0.05) is 27.7 Å². The monoisotopic (exact) mass is 458 g/mol. The molecular weight excluding hydrogens is 420 g/mol. The predicted octanol–water partition coefficient (Wildman–Crippen LogP) is 3.52. The molecule has 0 spiro atoms. The maximum Gasteiger partial charge on any atom is 0.306 e. The molecule has 0 radical (unpaired) electrons. The van der Waals surface area contributed by atoms with Gasteiger partial charge in [0.2, 0.25) is 0 Å². The molecule has 33 heavy (non-hydrogen) atoms. The highest BCUT2D eigenvalue weighted by molar-refractivity contribution is 6.05. The number of hydrogen-bond donors (Lipinski definition) is 2. The van der Waals surface area contributed by atoms with Crippen LogP contribution in [0.1, 0.15) is 86.5 Å². The normalized spacial score (nSPS) is 51.2. The molecule has 0 unspecified atom stereocenters. The third kappa shape index (κ3) is 2.60. The summed E-state index contributed by atoms with van der Waals surface area (Å²) in [5, 5.41) is 22.3. The number of aliphatic hydroxyl groups is 2. The largest absolute Gasteiger partial charge is 0.459 e. The first kappa shape index (κ1) is 23.2. The van der Waals surface area contributed by atoms with Crippen LogP contribution in [0, 0.1) is 33.5 Å². The Labute approximate surface area is 196 Å². The Morgan fingerprint density at radius 2 is 1.61 bits per heavy atom. The zero-order valence-corrected chi connectivity index (χ0v) is 20.8. The molecule has 1 heterocycles. The van der Waals surface area contributed by atoms with Gasteiger partial charge >= 0.3 is 5.97 Å². The van der Waals surface area contributed by atoms with E-state index in [1.807, 2.05) is 34.6 Å². The number of Topliss-reactive ketones (excluding diaryl/α,β-unsaturated/α-hetero) is 2. The van der Waals surface area contributed by atoms with E-state index in [9.17, 15) is 24.6 Å². The fraction of sp³-hybridized carbons (Fsp3) is 0.815. The van der Waals surface area contributed by atoms with E-state index in [2.05, 4.69) is 6.92 Å². The van der Waals surface area contributed by atoms with Gasteiger partial charge in [-0.25, -0.2) is 0 Å². The molecule has 182 valence electrons. The van der Waals surface area contributed by atoms with Crippen molar-refractivity contribution in [2.75, 3.05) is 0 Å². The van der Waals surface area contributed by atoms with Gasteiger partial charge in [0.1, 0.15) is 11.4 Å². The van der Waals surface area contributed by atoms with Crippen molar-refractivity contribution in [1.29, 1.82) is 0 Å². The zero-order valence-electron chi connectivity index (χ0n) is 20.8. The van der Waals surface area contributed by atoms with E-state index in [1.165, 1.54) is 0 Å². The second-order valence-electron chi connectivity index (χ2n) is 13.0. The van der Waals surface area contributed by atoms with E-state index < -0.39 is 39.5 Å². The van der Waals surface area contributed by atoms with Crippen LogP contribution in [0.5, 0.6) is 0 Å². The van der Waals surface area contributed by atoms with Crippen LogP contribution < -0.4 is 0 Å². The van der Waals surface area contributed by atoms with Gasteiger partial charge < -0.3 is 14.9 Å². The lowest BCUT2D eigenvalue weighted by molar-refractivity contribution is -0.159. The van der Waals surface area contributed by atoms with Crippen LogP contribution in [0.15, 0.2) is 11.1 Å². The molecule has 5 aliphatic rings. The van der Waals surface area contributed by atoms with Crippen molar-refractivity contribution in [2.24, 2.45) is 33.5 Å². The van der Waals surface area contributed by atoms with Crippen molar-refractivity contribution >= 4 is 17.5 Å². The molecule has 2 N–H and O–H groups in total. The fourth-order valence-corrected chi connectivity index (χ4v) is 9.08. The molecule has 4 aliphatic carbocycles. The second-order valence-corrected chi connectivity index (χ2v) is 13.0. The van der Waals surface area contributed by atoms with Crippen molar-refractivity contribution < 1.29 is 29.3 Å². The number of allylic oxidation sites excluding steroid dienone is 1. The van der Waals surface area contributed by atoms with Crippen LogP contribution >= 0.6 is 0 Å². The highest BCUT2D eigenvalue weighted by Gasteiger charge is 2.72. The van der Waals surface area contributed by atoms with E-state index in [4.69, 9.17) is 4.74 Å². The Kier molecular flexibility index (Phi) is 4.62. The van der Waals surface area contributed by atoms with Crippen molar-refractivity contribution in [3.05, 3.63) is 11.1 Å². The summed E-state index contributed by atoms with van der Waals surface area (Å²) in [7, 11) is 0. The summed E-state index contributed by atoms with van der Waals surface area (Å²) in [4.78, 5) is 39.9. The van der Waals surface area contributed by atoms with Crippen LogP contribution in [-0.4, -0.2) is 45.6 Å². The Morgan fingerprint density at radius 1 is 0.939 bits per heavy atom. The Bertz CT molecular complexity index is 995. The lowest BCUT2D eigenvalue weighted by Crippen LogP contribution is -2.61. The number of fused-ring (bicyclic) bond motifs is 4. The summed E-state index contributed by atoms with van der Waals surface area (Å²) in [6.45, 7) is 12.0. The number of carbonyl (C=O) groups excluding carboxylic acids is 3. The van der Waals surface area contributed by atoms with E-state index in [-0.39, 0.29) is 42.2 Å². The standard InChI is InChI=1S/C27H38O6/c1-23(2)16-11-14(28)22-21(24(16,3)9-7-18(23)30)15(29)13-25(4)17(12-19(31)27(22,25)6)26(5)10-8-20(32)33-26/h14,16-18,28,30H,7-13H2,1-6H3/t14-,16-,17-,18-,24-,25+,26+,27-/m0/s1. The highest BCUT2D eigenvalue weighted by Crippen LogP contribution is 2.71. The minimum Gasteiger partial charge on any atom is -0.459 e. The van der Waals surface area contributed by atoms with Crippen LogP contribution in [0.3, 0.4) is 0 Å². The van der Waals surface area contributed by atoms with E-state index in [1.54, 1.807) is 0 Å². The van der Waals surface area contributed by atoms with Crippen molar-refractivity contribution in [3.63, 3.8) is 0 Å². The third-order valence-electron chi connectivity index (χ3n) is 11.2. The van der Waals surface area contributed by atoms with E-state index >= 15 is 0 Å². The molecule has 6 heteroatoms. The minimum atomic E-state index is -0.980. The average Bonchev–Trinajstić information content (AvgIpc) is 3.16. The molecule has 0 aromatic rings. The maximum atomic E-state index is 14.0. The number of rotatable bonds is 1. The number of ketones is 2. The molecule has 0 amide bonds. The predicted molar refractivity (Wildman–Crippen MR) is 121 cm³/mol. The SMILES string of the molecule is CC1(C)[C@@H](O)CC[C@]2(C)C3=C([C@@H](O)C[C@@H]12)[C@]1(C)C(=O)C[C@H]([C@@]2(C)CCC(=O)O2)[C@@]1(C)CC3=O. The molecule has 8 atom stereocenters. The molecule has 6 nitrogen and oxygen atoms in total. The van der Waals surface area contributed by atoms with Crippen molar-refractivity contribution in [1.82, 2.24) is 0 Å². The maximum absolute atomic E-state index is 14.0. The van der Waals surface area contributed by atoms with Gasteiger partial charge in [0, 0.05) is 30.8 Å². The van der Waals surface area contributed by atoms with Gasteiger partial charge in [0.25, 0.3) is 0 Å². The number of aliphatic hydroxyl groups excluding tert-OH is 2.